The largest absolute Gasteiger partial charge is 0.493 e. The summed E-state index contributed by atoms with van der Waals surface area (Å²) >= 11 is 3.44. The lowest BCUT2D eigenvalue weighted by Gasteiger charge is -2.11. The molecule has 0 saturated carbocycles. The average molecular weight is 417 g/mol. The van der Waals surface area contributed by atoms with Crippen molar-refractivity contribution in [2.45, 2.75) is 6.54 Å². The Bertz CT molecular complexity index is 881. The number of halogens is 1. The van der Waals surface area contributed by atoms with Gasteiger partial charge in [-0.2, -0.15) is 0 Å². The molecular formula is C19H17BrN2O4. The van der Waals surface area contributed by atoms with Crippen LogP contribution in [-0.4, -0.2) is 31.1 Å². The highest BCUT2D eigenvalue weighted by atomic mass is 79.9. The van der Waals surface area contributed by atoms with Crippen molar-refractivity contribution in [3.8, 4) is 11.5 Å². The molecule has 2 aromatic rings. The second kappa shape index (κ2) is 7.61. The number of ether oxygens (including phenoxy) is 2. The van der Waals surface area contributed by atoms with E-state index in [4.69, 9.17) is 9.47 Å². The lowest BCUT2D eigenvalue weighted by atomic mass is 10.1. The number of methoxy groups -OCH3 is 2. The summed E-state index contributed by atoms with van der Waals surface area (Å²) < 4.78 is 11.2. The maximum absolute atomic E-state index is 12.6. The Morgan fingerprint density at radius 2 is 1.73 bits per heavy atom. The fourth-order valence-corrected chi connectivity index (χ4v) is 3.05. The molecule has 1 fully saturated rings. The number of hydrogen-bond acceptors (Lipinski definition) is 4. The molecule has 0 aromatic heterocycles. The van der Waals surface area contributed by atoms with Crippen LogP contribution in [0.1, 0.15) is 11.1 Å². The Morgan fingerprint density at radius 3 is 2.38 bits per heavy atom. The number of carbonyl (C=O) groups is 2. The van der Waals surface area contributed by atoms with Gasteiger partial charge in [-0.1, -0.05) is 46.3 Å². The Kier molecular flexibility index (Phi) is 5.27. The van der Waals surface area contributed by atoms with Gasteiger partial charge in [0.1, 0.15) is 5.70 Å². The maximum Gasteiger partial charge on any atom is 0.329 e. The summed E-state index contributed by atoms with van der Waals surface area (Å²) in [5.74, 6) is 0.718. The van der Waals surface area contributed by atoms with E-state index in [0.29, 0.717) is 21.5 Å². The van der Waals surface area contributed by atoms with Crippen LogP contribution in [0.3, 0.4) is 0 Å². The smallest absolute Gasteiger partial charge is 0.329 e. The van der Waals surface area contributed by atoms with Gasteiger partial charge < -0.3 is 14.8 Å². The lowest BCUT2D eigenvalue weighted by Crippen LogP contribution is -2.30. The number of amides is 3. The third-order valence-corrected chi connectivity index (χ3v) is 4.64. The summed E-state index contributed by atoms with van der Waals surface area (Å²) in [6.45, 7) is 0.218. The highest BCUT2D eigenvalue weighted by Gasteiger charge is 2.33. The van der Waals surface area contributed by atoms with Crippen LogP contribution >= 0.6 is 15.9 Å². The van der Waals surface area contributed by atoms with Gasteiger partial charge in [0.05, 0.1) is 20.8 Å². The first-order valence-corrected chi connectivity index (χ1v) is 8.62. The minimum absolute atomic E-state index is 0.207. The van der Waals surface area contributed by atoms with Crippen LogP contribution in [0.4, 0.5) is 4.79 Å². The number of nitrogens with one attached hydrogen (secondary N) is 1. The van der Waals surface area contributed by atoms with Gasteiger partial charge in [-0.25, -0.2) is 4.79 Å². The van der Waals surface area contributed by atoms with E-state index >= 15 is 0 Å². The minimum Gasteiger partial charge on any atom is -0.493 e. The molecule has 3 rings (SSSR count). The van der Waals surface area contributed by atoms with Crippen molar-refractivity contribution < 1.29 is 19.1 Å². The number of hydrogen-bond donors (Lipinski definition) is 1. The Hall–Kier alpha value is -2.80. The molecule has 1 heterocycles. The number of benzene rings is 2. The Labute approximate surface area is 159 Å². The molecule has 6 nitrogen and oxygen atoms in total. The molecule has 1 aliphatic rings. The Balaban J connectivity index is 1.88. The molecule has 0 aliphatic carbocycles. The van der Waals surface area contributed by atoms with Crippen LogP contribution in [0.25, 0.3) is 6.08 Å². The number of rotatable bonds is 5. The van der Waals surface area contributed by atoms with E-state index in [9.17, 15) is 9.59 Å². The number of carbonyl (C=O) groups excluding carboxylic acids is 2. The maximum atomic E-state index is 12.6. The van der Waals surface area contributed by atoms with E-state index in [2.05, 4.69) is 21.2 Å². The average Bonchev–Trinajstić information content (AvgIpc) is 2.91. The van der Waals surface area contributed by atoms with Gasteiger partial charge in [0, 0.05) is 4.47 Å². The Morgan fingerprint density at radius 1 is 1.08 bits per heavy atom. The van der Waals surface area contributed by atoms with E-state index < -0.39 is 6.03 Å². The van der Waals surface area contributed by atoms with Crippen LogP contribution < -0.4 is 14.8 Å². The summed E-state index contributed by atoms with van der Waals surface area (Å²) in [6, 6.07) is 12.4. The van der Waals surface area contributed by atoms with Crippen molar-refractivity contribution in [2.75, 3.05) is 14.2 Å². The fraction of sp³-hybridized carbons (Fsp3) is 0.158. The molecule has 0 bridgehead atoms. The molecular weight excluding hydrogens is 400 g/mol. The van der Waals surface area contributed by atoms with Crippen LogP contribution in [0.2, 0.25) is 0 Å². The van der Waals surface area contributed by atoms with E-state index in [0.717, 1.165) is 5.56 Å². The third kappa shape index (κ3) is 3.57. The van der Waals surface area contributed by atoms with E-state index in [1.165, 1.54) is 12.0 Å². The van der Waals surface area contributed by atoms with Crippen LogP contribution in [0.15, 0.2) is 52.6 Å². The second-order valence-corrected chi connectivity index (χ2v) is 6.45. The zero-order valence-corrected chi connectivity index (χ0v) is 15.9. The van der Waals surface area contributed by atoms with Crippen LogP contribution in [-0.2, 0) is 11.3 Å². The molecule has 0 unspecified atom stereocenters. The molecule has 7 heteroatoms. The van der Waals surface area contributed by atoms with Gasteiger partial charge in [-0.15, -0.1) is 0 Å². The molecule has 1 N–H and O–H groups in total. The topological polar surface area (TPSA) is 67.9 Å². The summed E-state index contributed by atoms with van der Waals surface area (Å²) in [6.07, 6.45) is 1.61. The first kappa shape index (κ1) is 18.0. The molecule has 3 amide bonds. The normalized spacial score (nSPS) is 15.3. The summed E-state index contributed by atoms with van der Waals surface area (Å²) in [4.78, 5) is 26.0. The highest BCUT2D eigenvalue weighted by molar-refractivity contribution is 9.10. The SMILES string of the molecule is COc1cc(Br)c(/C=C2/NC(=O)N(Cc3ccccc3)C2=O)cc1OC. The fourth-order valence-electron chi connectivity index (χ4n) is 2.62. The van der Waals surface area contributed by atoms with Crippen molar-refractivity contribution in [1.82, 2.24) is 10.2 Å². The predicted molar refractivity (Wildman–Crippen MR) is 101 cm³/mol. The first-order chi connectivity index (χ1) is 12.5. The predicted octanol–water partition coefficient (Wildman–Crippen LogP) is 3.56. The summed E-state index contributed by atoms with van der Waals surface area (Å²) in [7, 11) is 3.08. The molecule has 134 valence electrons. The quantitative estimate of drug-likeness (QED) is 0.597. The third-order valence-electron chi connectivity index (χ3n) is 3.95. The monoisotopic (exact) mass is 416 g/mol. The molecule has 26 heavy (non-hydrogen) atoms. The standard InChI is InChI=1S/C19H17BrN2O4/c1-25-16-9-13(14(20)10-17(16)26-2)8-15-18(23)22(19(24)21-15)11-12-6-4-3-5-7-12/h3-10H,11H2,1-2H3,(H,21,24)/b15-8+. The number of urea groups is 1. The van der Waals surface area contributed by atoms with Crippen molar-refractivity contribution >= 4 is 33.9 Å². The van der Waals surface area contributed by atoms with E-state index in [1.807, 2.05) is 30.3 Å². The molecule has 0 atom stereocenters. The molecule has 1 saturated heterocycles. The van der Waals surface area contributed by atoms with Crippen molar-refractivity contribution in [3.05, 3.63) is 63.8 Å². The van der Waals surface area contributed by atoms with Gasteiger partial charge in [-0.3, -0.25) is 9.69 Å². The van der Waals surface area contributed by atoms with Crippen LogP contribution in [0, 0.1) is 0 Å². The van der Waals surface area contributed by atoms with E-state index in [1.54, 1.807) is 25.3 Å². The zero-order chi connectivity index (χ0) is 18.7. The molecule has 1 aliphatic heterocycles. The summed E-state index contributed by atoms with van der Waals surface area (Å²) in [5.41, 5.74) is 1.77. The van der Waals surface area contributed by atoms with Crippen molar-refractivity contribution in [1.29, 1.82) is 0 Å². The molecule has 0 radical (unpaired) electrons. The summed E-state index contributed by atoms with van der Waals surface area (Å²) in [5, 5.41) is 2.62. The minimum atomic E-state index is -0.443. The number of imide groups is 1. The van der Waals surface area contributed by atoms with E-state index in [-0.39, 0.29) is 18.1 Å². The van der Waals surface area contributed by atoms with Crippen molar-refractivity contribution in [3.63, 3.8) is 0 Å². The second-order valence-electron chi connectivity index (χ2n) is 5.59. The van der Waals surface area contributed by atoms with Crippen LogP contribution in [0.5, 0.6) is 11.5 Å². The van der Waals surface area contributed by atoms with Crippen molar-refractivity contribution in [2.24, 2.45) is 0 Å². The van der Waals surface area contributed by atoms with Gasteiger partial charge >= 0.3 is 6.03 Å². The van der Waals surface area contributed by atoms with Gasteiger partial charge in [0.15, 0.2) is 11.5 Å². The lowest BCUT2D eigenvalue weighted by molar-refractivity contribution is -0.123. The van der Waals surface area contributed by atoms with Gasteiger partial charge in [0.25, 0.3) is 5.91 Å². The van der Waals surface area contributed by atoms with Gasteiger partial charge in [-0.05, 0) is 29.3 Å². The molecule has 0 spiro atoms. The number of nitrogens with zero attached hydrogens (tertiary/aromatic N) is 1. The van der Waals surface area contributed by atoms with Gasteiger partial charge in [0.2, 0.25) is 0 Å². The zero-order valence-electron chi connectivity index (χ0n) is 14.3. The molecule has 2 aromatic carbocycles. The highest BCUT2D eigenvalue weighted by Crippen LogP contribution is 2.34. The first-order valence-electron chi connectivity index (χ1n) is 7.83.